The van der Waals surface area contributed by atoms with Crippen LogP contribution in [0.25, 0.3) is 0 Å². The van der Waals surface area contributed by atoms with Crippen LogP contribution in [-0.4, -0.2) is 75.1 Å². The zero-order valence-electron chi connectivity index (χ0n) is 24.2. The van der Waals surface area contributed by atoms with Gasteiger partial charge in [0, 0.05) is 31.1 Å². The second kappa shape index (κ2) is 12.0. The van der Waals surface area contributed by atoms with Crippen LogP contribution in [0.5, 0.6) is 0 Å². The minimum atomic E-state index is -2.21. The van der Waals surface area contributed by atoms with E-state index < -0.39 is 82.1 Å². The summed E-state index contributed by atoms with van der Waals surface area (Å²) in [5, 5.41) is 23.7. The minimum Gasteiger partial charge on any atom is -0.462 e. The molecule has 2 aliphatic carbocycles. The summed E-state index contributed by atoms with van der Waals surface area (Å²) in [5.74, 6) is -4.91. The summed E-state index contributed by atoms with van der Waals surface area (Å²) in [4.78, 5) is 50.7. The molecule has 2 saturated carbocycles. The molecule has 0 spiro atoms. The third kappa shape index (κ3) is 5.63. The van der Waals surface area contributed by atoms with Crippen molar-refractivity contribution in [2.75, 3.05) is 0 Å². The maximum Gasteiger partial charge on any atom is 0.312 e. The molecular formula is C29H43ClO10. The molecule has 10 unspecified atom stereocenters. The van der Waals surface area contributed by atoms with E-state index >= 15 is 0 Å². The average molecular weight is 587 g/mol. The van der Waals surface area contributed by atoms with E-state index in [0.717, 1.165) is 6.92 Å². The molecule has 2 N–H and O–H groups in total. The van der Waals surface area contributed by atoms with Crippen LogP contribution in [0.2, 0.25) is 0 Å². The normalized spacial score (nSPS) is 41.7. The van der Waals surface area contributed by atoms with Crippen molar-refractivity contribution in [1.82, 2.24) is 0 Å². The lowest BCUT2D eigenvalue weighted by atomic mass is 9.52. The Hall–Kier alpha value is -2.17. The lowest BCUT2D eigenvalue weighted by Gasteiger charge is -2.59. The van der Waals surface area contributed by atoms with Gasteiger partial charge in [-0.2, -0.15) is 0 Å². The molecule has 0 bridgehead atoms. The number of carbonyl (C=O) groups excluding carboxylic acids is 4. The molecule has 0 radical (unpaired) electrons. The van der Waals surface area contributed by atoms with Crippen molar-refractivity contribution < 1.29 is 48.3 Å². The molecule has 11 heteroatoms. The second-order valence-corrected chi connectivity index (χ2v) is 12.4. The highest BCUT2D eigenvalue weighted by Crippen LogP contribution is 2.58. The van der Waals surface area contributed by atoms with Gasteiger partial charge in [0.2, 0.25) is 0 Å². The maximum atomic E-state index is 12.9. The van der Waals surface area contributed by atoms with Crippen molar-refractivity contribution in [3.05, 3.63) is 12.2 Å². The summed E-state index contributed by atoms with van der Waals surface area (Å²) in [5.41, 5.74) is -4.79. The molecule has 3 aliphatic rings. The van der Waals surface area contributed by atoms with E-state index in [-0.39, 0.29) is 38.5 Å². The predicted molar refractivity (Wildman–Crippen MR) is 144 cm³/mol. The topological polar surface area (TPSA) is 146 Å². The first-order valence-electron chi connectivity index (χ1n) is 14.1. The van der Waals surface area contributed by atoms with E-state index in [1.165, 1.54) is 13.8 Å². The first kappa shape index (κ1) is 32.3. The van der Waals surface area contributed by atoms with Crippen molar-refractivity contribution in [2.24, 2.45) is 17.3 Å². The first-order chi connectivity index (χ1) is 18.5. The average Bonchev–Trinajstić information content (AvgIpc) is 3.10. The summed E-state index contributed by atoms with van der Waals surface area (Å²) in [6.45, 7) is 13.4. The Morgan fingerprint density at radius 3 is 2.27 bits per heavy atom. The Labute approximate surface area is 240 Å². The number of ether oxygens (including phenoxy) is 4. The van der Waals surface area contributed by atoms with Crippen molar-refractivity contribution in [3.63, 3.8) is 0 Å². The van der Waals surface area contributed by atoms with Crippen LogP contribution in [0.1, 0.15) is 86.5 Å². The third-order valence-corrected chi connectivity index (χ3v) is 9.68. The van der Waals surface area contributed by atoms with Crippen LogP contribution >= 0.6 is 11.6 Å². The van der Waals surface area contributed by atoms with E-state index in [1.54, 1.807) is 13.8 Å². The molecular weight excluding hydrogens is 544 g/mol. The summed E-state index contributed by atoms with van der Waals surface area (Å²) < 4.78 is 23.1. The fourth-order valence-electron chi connectivity index (χ4n) is 6.87. The van der Waals surface area contributed by atoms with Crippen molar-refractivity contribution >= 4 is 35.5 Å². The molecule has 3 fully saturated rings. The molecule has 0 amide bonds. The van der Waals surface area contributed by atoms with Gasteiger partial charge < -0.3 is 29.2 Å². The van der Waals surface area contributed by atoms with Gasteiger partial charge in [-0.3, -0.25) is 19.2 Å². The number of aliphatic hydroxyl groups is 2. The molecule has 0 aromatic heterocycles. The molecule has 10 atom stereocenters. The Balaban J connectivity index is 2.31. The number of rotatable bonds is 6. The van der Waals surface area contributed by atoms with Gasteiger partial charge in [0.05, 0.1) is 11.3 Å². The highest BCUT2D eigenvalue weighted by molar-refractivity contribution is 6.23. The van der Waals surface area contributed by atoms with E-state index in [2.05, 4.69) is 6.58 Å². The summed E-state index contributed by atoms with van der Waals surface area (Å²) in [6, 6.07) is 0. The number of alkyl halides is 1. The number of carbonyl (C=O) groups is 4. The number of halogens is 1. The molecule has 10 nitrogen and oxygen atoms in total. The highest BCUT2D eigenvalue weighted by Gasteiger charge is 2.71. The molecule has 0 aromatic carbocycles. The first-order valence-corrected chi connectivity index (χ1v) is 14.5. The summed E-state index contributed by atoms with van der Waals surface area (Å²) >= 11 is 6.77. The van der Waals surface area contributed by atoms with E-state index in [4.69, 9.17) is 30.5 Å². The van der Waals surface area contributed by atoms with E-state index in [0.29, 0.717) is 12.0 Å². The molecule has 3 rings (SSSR count). The summed E-state index contributed by atoms with van der Waals surface area (Å²) in [7, 11) is 0. The van der Waals surface area contributed by atoms with Crippen LogP contribution in [-0.2, 0) is 38.1 Å². The Bertz CT molecular complexity index is 1030. The maximum absolute atomic E-state index is 12.9. The smallest absolute Gasteiger partial charge is 0.312 e. The van der Waals surface area contributed by atoms with Crippen LogP contribution in [0, 0.1) is 17.3 Å². The largest absolute Gasteiger partial charge is 0.462 e. The zero-order valence-corrected chi connectivity index (χ0v) is 25.0. The van der Waals surface area contributed by atoms with E-state index in [1.807, 2.05) is 6.92 Å². The Morgan fingerprint density at radius 2 is 1.70 bits per heavy atom. The fraction of sp³-hybridized carbons (Fsp3) is 0.793. The Kier molecular flexibility index (Phi) is 9.69. The van der Waals surface area contributed by atoms with Crippen LogP contribution in [0.15, 0.2) is 12.2 Å². The third-order valence-electron chi connectivity index (χ3n) is 9.14. The van der Waals surface area contributed by atoms with Gasteiger partial charge in [0.1, 0.15) is 23.9 Å². The van der Waals surface area contributed by atoms with Gasteiger partial charge in [0.15, 0.2) is 11.7 Å². The van der Waals surface area contributed by atoms with E-state index in [9.17, 15) is 29.4 Å². The fourth-order valence-corrected chi connectivity index (χ4v) is 7.23. The van der Waals surface area contributed by atoms with Gasteiger partial charge >= 0.3 is 23.9 Å². The predicted octanol–water partition coefficient (Wildman–Crippen LogP) is 3.37. The SMILES string of the molecule is C=C1CCC(OC(=O)CC)C2(C)CCC(OC(=O)CCC)C(C)(O)C2C(OC(C)=O)C2(O)C(C)C(=O)OC2C1Cl. The second-order valence-electron chi connectivity index (χ2n) is 11.9. The Morgan fingerprint density at radius 1 is 1.07 bits per heavy atom. The van der Waals surface area contributed by atoms with Gasteiger partial charge in [-0.15, -0.1) is 11.6 Å². The number of fused-ring (bicyclic) bond motifs is 2. The standard InChI is InChI=1S/C29H43ClO10/c1-8-10-21(33)39-19-13-14-27(6)18(38-20(32)9-2)12-11-15(3)22(30)24-29(36,16(4)26(34)40-24)25(37-17(5)31)23(27)28(19,7)35/h16,18-19,22-25,35-36H,3,8-14H2,1-2,4-7H3. The quantitative estimate of drug-likeness (QED) is 0.205. The lowest BCUT2D eigenvalue weighted by molar-refractivity contribution is -0.269. The minimum absolute atomic E-state index is 0.0999. The summed E-state index contributed by atoms with van der Waals surface area (Å²) in [6.07, 6.45) is -2.98. The van der Waals surface area contributed by atoms with Gasteiger partial charge in [-0.1, -0.05) is 32.9 Å². The molecule has 0 aromatic rings. The number of esters is 4. The van der Waals surface area contributed by atoms with Crippen molar-refractivity contribution in [1.29, 1.82) is 0 Å². The van der Waals surface area contributed by atoms with Crippen LogP contribution < -0.4 is 0 Å². The van der Waals surface area contributed by atoms with Gasteiger partial charge in [0.25, 0.3) is 0 Å². The van der Waals surface area contributed by atoms with Crippen molar-refractivity contribution in [2.45, 2.75) is 127 Å². The molecule has 1 saturated heterocycles. The zero-order chi connectivity index (χ0) is 30.2. The van der Waals surface area contributed by atoms with Gasteiger partial charge in [-0.25, -0.2) is 0 Å². The van der Waals surface area contributed by atoms with Gasteiger partial charge in [-0.05, 0) is 46.0 Å². The molecule has 1 heterocycles. The number of hydrogen-bond donors (Lipinski definition) is 2. The van der Waals surface area contributed by atoms with Crippen molar-refractivity contribution in [3.8, 4) is 0 Å². The van der Waals surface area contributed by atoms with Crippen LogP contribution in [0.4, 0.5) is 0 Å². The lowest BCUT2D eigenvalue weighted by Crippen LogP contribution is -2.71. The highest BCUT2D eigenvalue weighted by atomic mass is 35.5. The number of hydrogen-bond acceptors (Lipinski definition) is 10. The monoisotopic (exact) mass is 586 g/mol. The molecule has 226 valence electrons. The molecule has 1 aliphatic heterocycles. The molecule has 40 heavy (non-hydrogen) atoms. The van der Waals surface area contributed by atoms with Crippen LogP contribution in [0.3, 0.4) is 0 Å².